The van der Waals surface area contributed by atoms with Gasteiger partial charge < -0.3 is 15.2 Å². The smallest absolute Gasteiger partial charge is 0.357 e. The summed E-state index contributed by atoms with van der Waals surface area (Å²) in [4.78, 5) is 24.3. The van der Waals surface area contributed by atoms with Crippen molar-refractivity contribution >= 4 is 40.7 Å². The van der Waals surface area contributed by atoms with Gasteiger partial charge in [-0.15, -0.1) is 0 Å². The molecule has 0 radical (unpaired) electrons. The molecule has 1 unspecified atom stereocenters. The van der Waals surface area contributed by atoms with Gasteiger partial charge >= 0.3 is 5.97 Å². The van der Waals surface area contributed by atoms with Crippen molar-refractivity contribution in [3.8, 4) is 5.75 Å². The number of aromatic carboxylic acids is 1. The number of nitrogens with zero attached hydrogens (tertiary/aromatic N) is 1. The molecule has 28 heavy (non-hydrogen) atoms. The number of halogens is 1. The molecule has 0 saturated carbocycles. The summed E-state index contributed by atoms with van der Waals surface area (Å²) in [5.74, 6) is -1.09. The average Bonchev–Trinajstić information content (AvgIpc) is 3.10. The summed E-state index contributed by atoms with van der Waals surface area (Å²) >= 11 is 7.12. The highest BCUT2D eigenvalue weighted by Crippen LogP contribution is 2.44. The summed E-state index contributed by atoms with van der Waals surface area (Å²) in [7, 11) is 0. The van der Waals surface area contributed by atoms with E-state index in [0.717, 1.165) is 27.5 Å². The van der Waals surface area contributed by atoms with E-state index in [4.69, 9.17) is 16.3 Å². The fraction of sp³-hybridized carbons (Fsp3) is 0.150. The van der Waals surface area contributed by atoms with E-state index in [1.165, 1.54) is 0 Å². The lowest BCUT2D eigenvalue weighted by molar-refractivity contribution is -0.116. The normalized spacial score (nSPS) is 15.6. The zero-order chi connectivity index (χ0) is 19.7. The molecule has 0 aliphatic carbocycles. The molecular formula is C20H15ClN2O4S. The Morgan fingerprint density at radius 1 is 1.29 bits per heavy atom. The van der Waals surface area contributed by atoms with Gasteiger partial charge in [-0.05, 0) is 35.3 Å². The Balaban J connectivity index is 1.67. The highest BCUT2D eigenvalue weighted by molar-refractivity contribution is 7.06. The summed E-state index contributed by atoms with van der Waals surface area (Å²) < 4.78 is 10.0. The van der Waals surface area contributed by atoms with Crippen LogP contribution in [0.15, 0.2) is 48.5 Å². The topological polar surface area (TPSA) is 88.5 Å². The van der Waals surface area contributed by atoms with Crippen molar-refractivity contribution in [2.75, 3.05) is 5.32 Å². The number of para-hydroxylation sites is 1. The third-order valence-corrected chi connectivity index (χ3v) is 5.66. The number of amides is 1. The molecule has 4 rings (SSSR count). The summed E-state index contributed by atoms with van der Waals surface area (Å²) in [6.45, 7) is 0.326. The van der Waals surface area contributed by atoms with Crippen molar-refractivity contribution in [2.45, 2.75) is 18.9 Å². The number of hydrogen-bond donors (Lipinski definition) is 2. The standard InChI is InChI=1S/C20H15ClN2O4S/c21-12-5-3-4-11(8-12)10-27-15-7-2-1-6-13(15)14-9-16(24)22-17-18(20(25)26)23-28-19(14)17/h1-8,14H,9-10H2,(H,22,24)(H,25,26). The lowest BCUT2D eigenvalue weighted by Gasteiger charge is -2.24. The molecule has 0 spiro atoms. The fourth-order valence-electron chi connectivity index (χ4n) is 3.21. The van der Waals surface area contributed by atoms with Crippen molar-refractivity contribution in [3.63, 3.8) is 0 Å². The van der Waals surface area contributed by atoms with Crippen LogP contribution in [0.25, 0.3) is 0 Å². The molecule has 1 aliphatic heterocycles. The highest BCUT2D eigenvalue weighted by Gasteiger charge is 2.34. The number of carboxylic acid groups (broad SMARTS) is 1. The molecule has 0 bridgehead atoms. The first kappa shape index (κ1) is 18.5. The zero-order valence-corrected chi connectivity index (χ0v) is 16.1. The quantitative estimate of drug-likeness (QED) is 0.639. The third-order valence-electron chi connectivity index (χ3n) is 4.47. The largest absolute Gasteiger partial charge is 0.489 e. The molecule has 1 aliphatic rings. The number of carbonyl (C=O) groups excluding carboxylic acids is 1. The van der Waals surface area contributed by atoms with Gasteiger partial charge in [0, 0.05) is 22.9 Å². The van der Waals surface area contributed by atoms with Crippen LogP contribution in [0.2, 0.25) is 5.02 Å². The number of fused-ring (bicyclic) bond motifs is 1. The maximum atomic E-state index is 12.2. The monoisotopic (exact) mass is 414 g/mol. The van der Waals surface area contributed by atoms with Gasteiger partial charge in [0.25, 0.3) is 0 Å². The molecule has 2 aromatic carbocycles. The second-order valence-electron chi connectivity index (χ2n) is 6.34. The Hall–Kier alpha value is -2.90. The average molecular weight is 415 g/mol. The lowest BCUT2D eigenvalue weighted by atomic mass is 9.89. The van der Waals surface area contributed by atoms with E-state index in [1.54, 1.807) is 6.07 Å². The molecule has 3 aromatic rings. The number of hydrogen-bond acceptors (Lipinski definition) is 5. The first-order chi connectivity index (χ1) is 13.5. The second-order valence-corrected chi connectivity index (χ2v) is 7.58. The predicted octanol–water partition coefficient (Wildman–Crippen LogP) is 4.55. The Bertz CT molecular complexity index is 1070. The molecule has 0 saturated heterocycles. The number of aromatic nitrogens is 1. The van der Waals surface area contributed by atoms with Crippen molar-refractivity contribution in [1.82, 2.24) is 4.37 Å². The minimum atomic E-state index is -1.16. The summed E-state index contributed by atoms with van der Waals surface area (Å²) in [6.07, 6.45) is 0.200. The van der Waals surface area contributed by atoms with E-state index < -0.39 is 5.97 Å². The van der Waals surface area contributed by atoms with Crippen LogP contribution in [0.3, 0.4) is 0 Å². The number of carbonyl (C=O) groups is 2. The molecule has 142 valence electrons. The van der Waals surface area contributed by atoms with E-state index in [9.17, 15) is 14.7 Å². The Labute approximate surface area is 169 Å². The van der Waals surface area contributed by atoms with Crippen LogP contribution >= 0.6 is 23.1 Å². The van der Waals surface area contributed by atoms with Gasteiger partial charge in [-0.3, -0.25) is 4.79 Å². The van der Waals surface area contributed by atoms with Gasteiger partial charge in [-0.2, -0.15) is 4.37 Å². The number of benzene rings is 2. The van der Waals surface area contributed by atoms with Crippen LogP contribution in [0, 0.1) is 0 Å². The minimum absolute atomic E-state index is 0.129. The maximum Gasteiger partial charge on any atom is 0.357 e. The van der Waals surface area contributed by atoms with Gasteiger partial charge in [0.05, 0.1) is 10.6 Å². The van der Waals surface area contributed by atoms with Crippen LogP contribution in [0.4, 0.5) is 5.69 Å². The Morgan fingerprint density at radius 3 is 2.89 bits per heavy atom. The van der Waals surface area contributed by atoms with Gasteiger partial charge in [0.2, 0.25) is 5.91 Å². The first-order valence-electron chi connectivity index (χ1n) is 8.52. The molecule has 8 heteroatoms. The van der Waals surface area contributed by atoms with Crippen LogP contribution in [-0.2, 0) is 11.4 Å². The SMILES string of the molecule is O=C1CC(c2ccccc2OCc2cccc(Cl)c2)c2snc(C(=O)O)c2N1. The van der Waals surface area contributed by atoms with Gasteiger partial charge in [0.1, 0.15) is 12.4 Å². The Morgan fingerprint density at radius 2 is 2.11 bits per heavy atom. The molecule has 2 heterocycles. The summed E-state index contributed by atoms with van der Waals surface area (Å²) in [5.41, 5.74) is 1.90. The number of nitrogens with one attached hydrogen (secondary N) is 1. The minimum Gasteiger partial charge on any atom is -0.489 e. The molecular weight excluding hydrogens is 400 g/mol. The molecule has 1 atom stereocenters. The summed E-state index contributed by atoms with van der Waals surface area (Å²) in [5, 5.41) is 12.6. The van der Waals surface area contributed by atoms with E-state index >= 15 is 0 Å². The highest BCUT2D eigenvalue weighted by atomic mass is 35.5. The van der Waals surface area contributed by atoms with Crippen LogP contribution < -0.4 is 10.1 Å². The molecule has 1 amide bonds. The summed E-state index contributed by atoms with van der Waals surface area (Å²) in [6, 6.07) is 14.9. The van der Waals surface area contributed by atoms with Crippen LogP contribution in [0.1, 0.15) is 38.8 Å². The molecule has 6 nitrogen and oxygen atoms in total. The molecule has 0 fully saturated rings. The predicted molar refractivity (Wildman–Crippen MR) is 106 cm³/mol. The molecule has 2 N–H and O–H groups in total. The fourth-order valence-corrected chi connectivity index (χ4v) is 4.36. The van der Waals surface area contributed by atoms with Crippen molar-refractivity contribution in [1.29, 1.82) is 0 Å². The zero-order valence-electron chi connectivity index (χ0n) is 14.5. The Kier molecular flexibility index (Phi) is 5.02. The number of rotatable bonds is 5. The number of ether oxygens (including phenoxy) is 1. The number of carboxylic acids is 1. The third kappa shape index (κ3) is 3.58. The van der Waals surface area contributed by atoms with Crippen molar-refractivity contribution in [3.05, 3.63) is 75.3 Å². The van der Waals surface area contributed by atoms with Crippen molar-refractivity contribution in [2.24, 2.45) is 0 Å². The van der Waals surface area contributed by atoms with E-state index in [-0.39, 0.29) is 29.6 Å². The first-order valence-corrected chi connectivity index (χ1v) is 9.67. The van der Waals surface area contributed by atoms with Crippen molar-refractivity contribution < 1.29 is 19.4 Å². The molecule has 1 aromatic heterocycles. The van der Waals surface area contributed by atoms with Gasteiger partial charge in [-0.1, -0.05) is 41.9 Å². The van der Waals surface area contributed by atoms with Crippen LogP contribution in [-0.4, -0.2) is 21.4 Å². The lowest BCUT2D eigenvalue weighted by Crippen LogP contribution is -2.23. The van der Waals surface area contributed by atoms with Gasteiger partial charge in [-0.25, -0.2) is 4.79 Å². The van der Waals surface area contributed by atoms with E-state index in [0.29, 0.717) is 17.4 Å². The van der Waals surface area contributed by atoms with Crippen LogP contribution in [0.5, 0.6) is 5.75 Å². The van der Waals surface area contributed by atoms with E-state index in [1.807, 2.05) is 42.5 Å². The van der Waals surface area contributed by atoms with Gasteiger partial charge in [0.15, 0.2) is 5.69 Å². The second kappa shape index (κ2) is 7.61. The maximum absolute atomic E-state index is 12.2. The number of anilines is 1. The van der Waals surface area contributed by atoms with E-state index in [2.05, 4.69) is 9.69 Å².